The highest BCUT2D eigenvalue weighted by Gasteiger charge is 2.30. The Kier molecular flexibility index (Phi) is 6.55. The minimum atomic E-state index is -0.164. The Morgan fingerprint density at radius 2 is 1.82 bits per heavy atom. The standard InChI is InChI=1S/C28H33N5O5/c1-3-21(34)32-17-6-8-18(9-7-17)33-28(35)22-15(2)31-26-24(22)29-13-30-25(26)23-19(36-12-16-4-5-16)10-11-20-27(23)38-14-37-20/h10-11,13,16-18,31H,3-9,12,14H2,1-2H3,(H,32,34)(H,33,35)/t17-,18+. The highest BCUT2D eigenvalue weighted by atomic mass is 16.7. The van der Waals surface area contributed by atoms with Gasteiger partial charge in [0.05, 0.1) is 23.3 Å². The van der Waals surface area contributed by atoms with Crippen molar-refractivity contribution in [3.63, 3.8) is 0 Å². The van der Waals surface area contributed by atoms with Crippen LogP contribution < -0.4 is 24.8 Å². The van der Waals surface area contributed by atoms with Crippen LogP contribution in [0.15, 0.2) is 18.5 Å². The molecule has 0 saturated heterocycles. The smallest absolute Gasteiger partial charge is 0.255 e. The Hall–Kier alpha value is -3.82. The van der Waals surface area contributed by atoms with Gasteiger partial charge in [-0.1, -0.05) is 6.92 Å². The molecule has 10 nitrogen and oxygen atoms in total. The number of benzene rings is 1. The number of fused-ring (bicyclic) bond motifs is 2. The maximum atomic E-state index is 13.5. The summed E-state index contributed by atoms with van der Waals surface area (Å²) in [6.45, 7) is 4.50. The third-order valence-corrected chi connectivity index (χ3v) is 7.66. The maximum absolute atomic E-state index is 13.5. The van der Waals surface area contributed by atoms with Gasteiger partial charge in [0.2, 0.25) is 12.7 Å². The zero-order chi connectivity index (χ0) is 26.2. The van der Waals surface area contributed by atoms with Crippen LogP contribution in [0.4, 0.5) is 0 Å². The van der Waals surface area contributed by atoms with Crippen molar-refractivity contribution < 1.29 is 23.8 Å². The van der Waals surface area contributed by atoms with Crippen molar-refractivity contribution in [1.29, 1.82) is 0 Å². The fourth-order valence-corrected chi connectivity index (χ4v) is 5.35. The third kappa shape index (κ3) is 4.75. The molecule has 1 aliphatic heterocycles. The SMILES string of the molecule is CCC(=O)N[C@H]1CC[C@@H](NC(=O)c2c(C)[nH]c3c(-c4c(OCC5CC5)ccc5c4OCO5)ncnc23)CC1. The van der Waals surface area contributed by atoms with E-state index >= 15 is 0 Å². The van der Waals surface area contributed by atoms with Gasteiger partial charge in [0.1, 0.15) is 23.3 Å². The zero-order valence-corrected chi connectivity index (χ0v) is 21.8. The van der Waals surface area contributed by atoms with Crippen LogP contribution in [0.5, 0.6) is 17.2 Å². The lowest BCUT2D eigenvalue weighted by molar-refractivity contribution is -0.121. The number of H-pyrrole nitrogens is 1. The summed E-state index contributed by atoms with van der Waals surface area (Å²) in [4.78, 5) is 37.7. The quantitative estimate of drug-likeness (QED) is 0.410. The monoisotopic (exact) mass is 519 g/mol. The van der Waals surface area contributed by atoms with Crippen molar-refractivity contribution in [2.24, 2.45) is 5.92 Å². The number of hydrogen-bond acceptors (Lipinski definition) is 7. The lowest BCUT2D eigenvalue weighted by atomic mass is 9.91. The summed E-state index contributed by atoms with van der Waals surface area (Å²) in [5, 5.41) is 6.26. The Morgan fingerprint density at radius 1 is 1.05 bits per heavy atom. The van der Waals surface area contributed by atoms with Gasteiger partial charge in [0.15, 0.2) is 11.5 Å². The van der Waals surface area contributed by atoms with Gasteiger partial charge in [-0.15, -0.1) is 0 Å². The van der Waals surface area contributed by atoms with Gasteiger partial charge in [-0.25, -0.2) is 9.97 Å². The van der Waals surface area contributed by atoms with E-state index in [1.807, 2.05) is 26.0 Å². The number of aromatic nitrogens is 3. The molecular weight excluding hydrogens is 486 g/mol. The number of rotatable bonds is 8. The molecule has 0 spiro atoms. The largest absolute Gasteiger partial charge is 0.492 e. The van der Waals surface area contributed by atoms with Crippen molar-refractivity contribution in [2.45, 2.75) is 70.9 Å². The van der Waals surface area contributed by atoms with Gasteiger partial charge >= 0.3 is 0 Å². The molecule has 2 amide bonds. The van der Waals surface area contributed by atoms with Crippen LogP contribution >= 0.6 is 0 Å². The summed E-state index contributed by atoms with van der Waals surface area (Å²) >= 11 is 0. The Labute approximate surface area is 220 Å². The molecule has 38 heavy (non-hydrogen) atoms. The zero-order valence-electron chi connectivity index (χ0n) is 21.8. The van der Waals surface area contributed by atoms with Gasteiger partial charge in [-0.05, 0) is 63.5 Å². The molecule has 0 unspecified atom stereocenters. The lowest BCUT2D eigenvalue weighted by Crippen LogP contribution is -2.43. The van der Waals surface area contributed by atoms with Crippen LogP contribution in [-0.4, -0.2) is 52.2 Å². The van der Waals surface area contributed by atoms with E-state index < -0.39 is 0 Å². The van der Waals surface area contributed by atoms with E-state index in [1.54, 1.807) is 0 Å². The minimum absolute atomic E-state index is 0.0494. The van der Waals surface area contributed by atoms with Crippen molar-refractivity contribution in [3.8, 4) is 28.5 Å². The summed E-state index contributed by atoms with van der Waals surface area (Å²) in [5.74, 6) is 2.39. The van der Waals surface area contributed by atoms with Gasteiger partial charge in [-0.2, -0.15) is 0 Å². The number of amides is 2. The van der Waals surface area contributed by atoms with Crippen LogP contribution in [0.25, 0.3) is 22.3 Å². The second-order valence-corrected chi connectivity index (χ2v) is 10.4. The average Bonchev–Trinajstić information content (AvgIpc) is 3.51. The van der Waals surface area contributed by atoms with Gasteiger partial charge < -0.3 is 29.8 Å². The molecule has 3 aliphatic rings. The van der Waals surface area contributed by atoms with E-state index in [9.17, 15) is 9.59 Å². The fourth-order valence-electron chi connectivity index (χ4n) is 5.35. The van der Waals surface area contributed by atoms with Crippen LogP contribution in [-0.2, 0) is 4.79 Å². The first-order chi connectivity index (χ1) is 18.5. The molecule has 0 bridgehead atoms. The first-order valence-electron chi connectivity index (χ1n) is 13.5. The number of carbonyl (C=O) groups excluding carboxylic acids is 2. The van der Waals surface area contributed by atoms with Crippen molar-refractivity contribution in [1.82, 2.24) is 25.6 Å². The highest BCUT2D eigenvalue weighted by molar-refractivity contribution is 6.09. The van der Waals surface area contributed by atoms with Crippen molar-refractivity contribution in [2.75, 3.05) is 13.4 Å². The summed E-state index contributed by atoms with van der Waals surface area (Å²) < 4.78 is 17.7. The molecule has 2 aromatic heterocycles. The molecule has 3 heterocycles. The van der Waals surface area contributed by atoms with E-state index in [0.29, 0.717) is 69.7 Å². The normalized spacial score (nSPS) is 20.4. The number of ether oxygens (including phenoxy) is 3. The predicted molar refractivity (Wildman–Crippen MR) is 140 cm³/mol. The van der Waals surface area contributed by atoms with Crippen LogP contribution in [0.1, 0.15) is 67.9 Å². The van der Waals surface area contributed by atoms with Gasteiger partial charge in [0, 0.05) is 24.2 Å². The number of nitrogens with zero attached hydrogens (tertiary/aromatic N) is 2. The maximum Gasteiger partial charge on any atom is 0.255 e. The number of carbonyl (C=O) groups is 2. The first-order valence-corrected chi connectivity index (χ1v) is 13.5. The molecule has 6 rings (SSSR count). The molecule has 2 saturated carbocycles. The molecule has 1 aromatic carbocycles. The molecule has 0 atom stereocenters. The summed E-state index contributed by atoms with van der Waals surface area (Å²) in [7, 11) is 0. The summed E-state index contributed by atoms with van der Waals surface area (Å²) in [5.41, 5.74) is 3.75. The third-order valence-electron chi connectivity index (χ3n) is 7.66. The summed E-state index contributed by atoms with van der Waals surface area (Å²) in [6, 6.07) is 3.97. The predicted octanol–water partition coefficient (Wildman–Crippen LogP) is 4.02. The molecule has 0 radical (unpaired) electrons. The average molecular weight is 520 g/mol. The van der Waals surface area contributed by atoms with E-state index in [0.717, 1.165) is 25.7 Å². The van der Waals surface area contributed by atoms with Crippen molar-refractivity contribution >= 4 is 22.8 Å². The number of aromatic amines is 1. The molecule has 10 heteroatoms. The molecule has 200 valence electrons. The molecular formula is C28H33N5O5. The minimum Gasteiger partial charge on any atom is -0.492 e. The number of aryl methyl sites for hydroxylation is 1. The first kappa shape index (κ1) is 24.5. The number of hydrogen-bond donors (Lipinski definition) is 3. The molecule has 3 N–H and O–H groups in total. The van der Waals surface area contributed by atoms with Crippen LogP contribution in [0.3, 0.4) is 0 Å². The Balaban J connectivity index is 1.27. The van der Waals surface area contributed by atoms with Crippen LogP contribution in [0, 0.1) is 12.8 Å². The van der Waals surface area contributed by atoms with Crippen molar-refractivity contribution in [3.05, 3.63) is 29.7 Å². The molecule has 3 aromatic rings. The Morgan fingerprint density at radius 3 is 2.55 bits per heavy atom. The van der Waals surface area contributed by atoms with E-state index in [2.05, 4.69) is 25.6 Å². The van der Waals surface area contributed by atoms with Crippen LogP contribution in [0.2, 0.25) is 0 Å². The number of nitrogens with one attached hydrogen (secondary N) is 3. The van der Waals surface area contributed by atoms with E-state index in [1.165, 1.54) is 19.2 Å². The lowest BCUT2D eigenvalue weighted by Gasteiger charge is -2.29. The van der Waals surface area contributed by atoms with E-state index in [-0.39, 0.29) is 30.7 Å². The van der Waals surface area contributed by atoms with Gasteiger partial charge in [-0.3, -0.25) is 9.59 Å². The Bertz CT molecular complexity index is 1370. The second kappa shape index (κ2) is 10.2. The van der Waals surface area contributed by atoms with E-state index in [4.69, 9.17) is 14.2 Å². The highest BCUT2D eigenvalue weighted by Crippen LogP contribution is 2.48. The fraction of sp³-hybridized carbons (Fsp3) is 0.500. The topological polar surface area (TPSA) is 127 Å². The summed E-state index contributed by atoms with van der Waals surface area (Å²) in [6.07, 6.45) is 7.65. The molecule has 2 aliphatic carbocycles. The van der Waals surface area contributed by atoms with Gasteiger partial charge in [0.25, 0.3) is 5.91 Å². The molecule has 2 fully saturated rings. The second-order valence-electron chi connectivity index (χ2n) is 10.4.